The Balaban J connectivity index is 2.14. The Kier molecular flexibility index (Phi) is 2.23. The van der Waals surface area contributed by atoms with E-state index < -0.39 is 0 Å². The largest absolute Gasteiger partial charge is 0.376 e. The van der Waals surface area contributed by atoms with Gasteiger partial charge in [-0.25, -0.2) is 4.98 Å². The lowest BCUT2D eigenvalue weighted by molar-refractivity contribution is 0.105. The lowest BCUT2D eigenvalue weighted by Gasteiger charge is -2.29. The molecule has 4 nitrogen and oxygen atoms in total. The molecule has 0 radical (unpaired) electrons. The number of ether oxygens (including phenoxy) is 1. The van der Waals surface area contributed by atoms with Crippen LogP contribution in [0.4, 0.5) is 5.95 Å². The van der Waals surface area contributed by atoms with E-state index in [1.165, 1.54) is 0 Å². The molecule has 1 aromatic rings. The summed E-state index contributed by atoms with van der Waals surface area (Å²) in [5, 5.41) is 3.44. The Hall–Kier alpha value is -1.03. The molecule has 1 fully saturated rings. The number of nitrogens with zero attached hydrogens (tertiary/aromatic N) is 2. The predicted molar refractivity (Wildman–Crippen MR) is 55.3 cm³/mol. The third-order valence-electron chi connectivity index (χ3n) is 3.11. The zero-order valence-electron chi connectivity index (χ0n) is 8.95. The van der Waals surface area contributed by atoms with Crippen LogP contribution in [0, 0.1) is 0 Å². The molecule has 0 aliphatic carbocycles. The molecule has 1 aromatic heterocycles. The molecule has 0 saturated carbocycles. The lowest BCUT2D eigenvalue weighted by atomic mass is 9.95. The Bertz CT molecular complexity index is 323. The van der Waals surface area contributed by atoms with Crippen molar-refractivity contribution in [3.05, 3.63) is 12.4 Å². The second-order valence-electron chi connectivity index (χ2n) is 4.17. The van der Waals surface area contributed by atoms with Crippen molar-refractivity contribution in [2.24, 2.45) is 7.05 Å². The summed E-state index contributed by atoms with van der Waals surface area (Å²) in [5.41, 5.74) is 0.0130. The second-order valence-corrected chi connectivity index (χ2v) is 4.17. The zero-order chi connectivity index (χ0) is 10.2. The van der Waals surface area contributed by atoms with Gasteiger partial charge in [-0.2, -0.15) is 0 Å². The SMILES string of the molecule is CC1OCCC1(C)Nc1nccn1C. The Labute approximate surface area is 84.3 Å². The third kappa shape index (κ3) is 1.50. The molecular weight excluding hydrogens is 178 g/mol. The standard InChI is InChI=1S/C10H17N3O/c1-8-10(2,4-7-14-8)12-9-11-5-6-13(9)3/h5-6,8H,4,7H2,1-3H3,(H,11,12). The number of rotatable bonds is 2. The van der Waals surface area contributed by atoms with Crippen LogP contribution in [0.15, 0.2) is 12.4 Å². The van der Waals surface area contributed by atoms with Gasteiger partial charge in [-0.05, 0) is 20.3 Å². The van der Waals surface area contributed by atoms with Crippen LogP contribution in [-0.4, -0.2) is 27.8 Å². The minimum atomic E-state index is 0.0130. The summed E-state index contributed by atoms with van der Waals surface area (Å²) in [6, 6.07) is 0. The maximum atomic E-state index is 5.56. The molecule has 1 N–H and O–H groups in total. The predicted octanol–water partition coefficient (Wildman–Crippen LogP) is 1.40. The molecule has 2 heterocycles. The van der Waals surface area contributed by atoms with Crippen LogP contribution in [0.3, 0.4) is 0 Å². The molecule has 0 spiro atoms. The van der Waals surface area contributed by atoms with Crippen molar-refractivity contribution >= 4 is 5.95 Å². The van der Waals surface area contributed by atoms with E-state index in [2.05, 4.69) is 24.1 Å². The highest BCUT2D eigenvalue weighted by Gasteiger charge is 2.37. The third-order valence-corrected chi connectivity index (χ3v) is 3.11. The molecule has 0 amide bonds. The first-order valence-electron chi connectivity index (χ1n) is 4.99. The Morgan fingerprint density at radius 3 is 3.00 bits per heavy atom. The number of hydrogen-bond acceptors (Lipinski definition) is 3. The molecule has 0 bridgehead atoms. The number of hydrogen-bond donors (Lipinski definition) is 1. The van der Waals surface area contributed by atoms with Gasteiger partial charge in [0.2, 0.25) is 5.95 Å². The van der Waals surface area contributed by atoms with Gasteiger partial charge in [-0.3, -0.25) is 0 Å². The molecule has 4 heteroatoms. The first-order chi connectivity index (χ1) is 6.62. The van der Waals surface area contributed by atoms with Crippen molar-refractivity contribution in [1.82, 2.24) is 9.55 Å². The summed E-state index contributed by atoms with van der Waals surface area (Å²) in [5.74, 6) is 0.907. The number of aryl methyl sites for hydroxylation is 1. The Morgan fingerprint density at radius 2 is 2.50 bits per heavy atom. The molecule has 2 atom stereocenters. The van der Waals surface area contributed by atoms with Gasteiger partial charge < -0.3 is 14.6 Å². The van der Waals surface area contributed by atoms with E-state index in [4.69, 9.17) is 4.74 Å². The summed E-state index contributed by atoms with van der Waals surface area (Å²) in [4.78, 5) is 4.26. The smallest absolute Gasteiger partial charge is 0.203 e. The topological polar surface area (TPSA) is 39.1 Å². The van der Waals surface area contributed by atoms with E-state index in [1.54, 1.807) is 6.20 Å². The lowest BCUT2D eigenvalue weighted by Crippen LogP contribution is -2.41. The van der Waals surface area contributed by atoms with Crippen molar-refractivity contribution in [3.63, 3.8) is 0 Å². The summed E-state index contributed by atoms with van der Waals surface area (Å²) >= 11 is 0. The average molecular weight is 195 g/mol. The minimum absolute atomic E-state index is 0.0130. The first-order valence-corrected chi connectivity index (χ1v) is 4.99. The van der Waals surface area contributed by atoms with Gasteiger partial charge >= 0.3 is 0 Å². The van der Waals surface area contributed by atoms with Crippen molar-refractivity contribution < 1.29 is 4.74 Å². The summed E-state index contributed by atoms with van der Waals surface area (Å²) in [6.07, 6.45) is 5.00. The van der Waals surface area contributed by atoms with Gasteiger partial charge in [0.05, 0.1) is 11.6 Å². The summed E-state index contributed by atoms with van der Waals surface area (Å²) in [7, 11) is 1.99. The molecule has 0 aromatic carbocycles. The van der Waals surface area contributed by atoms with Gasteiger partial charge in [0.1, 0.15) is 0 Å². The highest BCUT2D eigenvalue weighted by Crippen LogP contribution is 2.28. The van der Waals surface area contributed by atoms with Crippen LogP contribution in [0.5, 0.6) is 0 Å². The van der Waals surface area contributed by atoms with E-state index in [-0.39, 0.29) is 11.6 Å². The van der Waals surface area contributed by atoms with Gasteiger partial charge in [0, 0.05) is 26.0 Å². The van der Waals surface area contributed by atoms with Crippen molar-refractivity contribution in [1.29, 1.82) is 0 Å². The van der Waals surface area contributed by atoms with E-state index in [0.717, 1.165) is 19.0 Å². The van der Waals surface area contributed by atoms with Gasteiger partial charge in [0.25, 0.3) is 0 Å². The van der Waals surface area contributed by atoms with Gasteiger partial charge in [-0.15, -0.1) is 0 Å². The van der Waals surface area contributed by atoms with Gasteiger partial charge in [0.15, 0.2) is 0 Å². The summed E-state index contributed by atoms with van der Waals surface area (Å²) in [6.45, 7) is 5.11. The van der Waals surface area contributed by atoms with Crippen LogP contribution < -0.4 is 5.32 Å². The highest BCUT2D eigenvalue weighted by molar-refractivity contribution is 5.31. The van der Waals surface area contributed by atoms with Crippen LogP contribution in [0.2, 0.25) is 0 Å². The first kappa shape index (κ1) is 9.52. The monoisotopic (exact) mass is 195 g/mol. The summed E-state index contributed by atoms with van der Waals surface area (Å²) < 4.78 is 7.54. The average Bonchev–Trinajstić information content (AvgIpc) is 2.64. The molecule has 1 aliphatic heterocycles. The quantitative estimate of drug-likeness (QED) is 0.775. The number of aromatic nitrogens is 2. The zero-order valence-corrected chi connectivity index (χ0v) is 8.95. The normalized spacial score (nSPS) is 32.1. The maximum absolute atomic E-state index is 5.56. The molecule has 14 heavy (non-hydrogen) atoms. The molecular formula is C10H17N3O. The van der Waals surface area contributed by atoms with E-state index >= 15 is 0 Å². The maximum Gasteiger partial charge on any atom is 0.203 e. The van der Waals surface area contributed by atoms with E-state index in [9.17, 15) is 0 Å². The number of anilines is 1. The fourth-order valence-electron chi connectivity index (χ4n) is 1.74. The second kappa shape index (κ2) is 3.28. The van der Waals surface area contributed by atoms with Gasteiger partial charge in [-0.1, -0.05) is 0 Å². The Morgan fingerprint density at radius 1 is 1.71 bits per heavy atom. The minimum Gasteiger partial charge on any atom is -0.376 e. The van der Waals surface area contributed by atoms with Crippen LogP contribution in [0.25, 0.3) is 0 Å². The fourth-order valence-corrected chi connectivity index (χ4v) is 1.74. The van der Waals surface area contributed by atoms with Crippen molar-refractivity contribution in [3.8, 4) is 0 Å². The number of nitrogens with one attached hydrogen (secondary N) is 1. The van der Waals surface area contributed by atoms with Crippen molar-refractivity contribution in [2.75, 3.05) is 11.9 Å². The van der Waals surface area contributed by atoms with Crippen LogP contribution >= 0.6 is 0 Å². The molecule has 1 saturated heterocycles. The molecule has 1 aliphatic rings. The molecule has 2 unspecified atom stereocenters. The fraction of sp³-hybridized carbons (Fsp3) is 0.700. The van der Waals surface area contributed by atoms with Crippen molar-refractivity contribution in [2.45, 2.75) is 31.9 Å². The highest BCUT2D eigenvalue weighted by atomic mass is 16.5. The van der Waals surface area contributed by atoms with E-state index in [1.807, 2.05) is 17.8 Å². The van der Waals surface area contributed by atoms with E-state index in [0.29, 0.717) is 0 Å². The molecule has 78 valence electrons. The molecule has 2 rings (SSSR count). The van der Waals surface area contributed by atoms with Crippen LogP contribution in [-0.2, 0) is 11.8 Å². The van der Waals surface area contributed by atoms with Crippen LogP contribution in [0.1, 0.15) is 20.3 Å². The number of imidazole rings is 1.